The van der Waals surface area contributed by atoms with E-state index in [9.17, 15) is 22.8 Å². The molecule has 2 amide bonds. The summed E-state index contributed by atoms with van der Waals surface area (Å²) < 4.78 is 52.9. The van der Waals surface area contributed by atoms with Crippen LogP contribution in [0.25, 0.3) is 0 Å². The van der Waals surface area contributed by atoms with E-state index in [1.807, 2.05) is 4.90 Å². The van der Waals surface area contributed by atoms with Gasteiger partial charge in [-0.1, -0.05) is 0 Å². The summed E-state index contributed by atoms with van der Waals surface area (Å²) in [6.45, 7) is 1.78. The summed E-state index contributed by atoms with van der Waals surface area (Å²) in [5, 5.41) is 0. The normalized spacial score (nSPS) is 27.5. The smallest absolute Gasteiger partial charge is 0.376 e. The van der Waals surface area contributed by atoms with E-state index >= 15 is 0 Å². The van der Waals surface area contributed by atoms with Gasteiger partial charge in [0.15, 0.2) is 0 Å². The van der Waals surface area contributed by atoms with Gasteiger partial charge in [0.2, 0.25) is 5.91 Å². The Morgan fingerprint density at radius 2 is 1.77 bits per heavy atom. The van der Waals surface area contributed by atoms with Crippen molar-refractivity contribution in [2.24, 2.45) is 0 Å². The first-order valence-electron chi connectivity index (χ1n) is 10.0. The van der Waals surface area contributed by atoms with Crippen molar-refractivity contribution < 1.29 is 32.2 Å². The molecule has 1 spiro atoms. The lowest BCUT2D eigenvalue weighted by Crippen LogP contribution is -2.67. The molecule has 3 saturated heterocycles. The van der Waals surface area contributed by atoms with Crippen LogP contribution in [0.4, 0.5) is 18.9 Å². The first-order valence-corrected chi connectivity index (χ1v) is 10.0. The van der Waals surface area contributed by atoms with Gasteiger partial charge in [-0.15, -0.1) is 0 Å². The molecule has 3 aliphatic rings. The van der Waals surface area contributed by atoms with Gasteiger partial charge in [-0.3, -0.25) is 19.2 Å². The number of anilines is 1. The van der Waals surface area contributed by atoms with Gasteiger partial charge in [0.25, 0.3) is 0 Å². The number of rotatable bonds is 3. The Morgan fingerprint density at radius 1 is 1.07 bits per heavy atom. The van der Waals surface area contributed by atoms with E-state index in [0.29, 0.717) is 0 Å². The zero-order chi connectivity index (χ0) is 21.4. The molecular weight excluding hydrogens is 403 g/mol. The molecule has 0 N–H and O–H groups in total. The number of benzene rings is 1. The first kappa shape index (κ1) is 21.1. The van der Waals surface area contributed by atoms with Crippen molar-refractivity contribution in [3.63, 3.8) is 0 Å². The Bertz CT molecular complexity index is 801. The summed E-state index contributed by atoms with van der Waals surface area (Å²) in [5.74, 6) is -2.25. The van der Waals surface area contributed by atoms with Crippen molar-refractivity contribution in [1.82, 2.24) is 9.80 Å². The third kappa shape index (κ3) is 4.30. The quantitative estimate of drug-likeness (QED) is 0.731. The fourth-order valence-electron chi connectivity index (χ4n) is 4.20. The van der Waals surface area contributed by atoms with E-state index in [2.05, 4.69) is 0 Å². The third-order valence-electron chi connectivity index (χ3n) is 5.68. The monoisotopic (exact) mass is 427 g/mol. The number of carbonyl (C=O) groups is 2. The number of nitrogens with zero attached hydrogens (tertiary/aromatic N) is 3. The van der Waals surface area contributed by atoms with E-state index in [1.165, 1.54) is 17.0 Å². The molecule has 0 aromatic heterocycles. The van der Waals surface area contributed by atoms with Gasteiger partial charge in [0, 0.05) is 12.2 Å². The third-order valence-corrected chi connectivity index (χ3v) is 5.68. The molecule has 0 saturated carbocycles. The van der Waals surface area contributed by atoms with Crippen LogP contribution in [-0.2, 0) is 19.1 Å². The van der Waals surface area contributed by atoms with Crippen molar-refractivity contribution >= 4 is 17.5 Å². The van der Waals surface area contributed by atoms with E-state index in [-0.39, 0.29) is 51.0 Å². The lowest BCUT2D eigenvalue weighted by Gasteiger charge is -2.45. The molecule has 1 aromatic carbocycles. The number of alkyl halides is 2. The Kier molecular flexibility index (Phi) is 5.73. The highest BCUT2D eigenvalue weighted by Gasteiger charge is 2.58. The van der Waals surface area contributed by atoms with Crippen molar-refractivity contribution in [3.8, 4) is 0 Å². The first-order chi connectivity index (χ1) is 14.3. The fraction of sp³-hybridized carbons (Fsp3) is 0.600. The fourth-order valence-corrected chi connectivity index (χ4v) is 4.20. The highest BCUT2D eigenvalue weighted by molar-refractivity contribution is 5.98. The minimum atomic E-state index is -4.09. The standard InChI is InChI=1S/C20H24F3N3O4/c21-15-3-5-16(6-4-15)26-13-19(30-20(22,23)18(26)28)12-25(9-10-29-14-19)17(27)11-24-7-1-2-8-24/h3-6H,1-2,7-14H2. The van der Waals surface area contributed by atoms with Gasteiger partial charge in [0.05, 0.1) is 32.8 Å². The van der Waals surface area contributed by atoms with Crippen molar-refractivity contribution in [2.45, 2.75) is 24.6 Å². The predicted molar refractivity (Wildman–Crippen MR) is 101 cm³/mol. The van der Waals surface area contributed by atoms with Gasteiger partial charge < -0.3 is 14.5 Å². The molecule has 7 nitrogen and oxygen atoms in total. The zero-order valence-corrected chi connectivity index (χ0v) is 16.5. The van der Waals surface area contributed by atoms with Crippen molar-refractivity contribution in [1.29, 1.82) is 0 Å². The van der Waals surface area contributed by atoms with Crippen LogP contribution in [0, 0.1) is 5.82 Å². The molecule has 3 heterocycles. The van der Waals surface area contributed by atoms with Crippen LogP contribution in [0.1, 0.15) is 12.8 Å². The van der Waals surface area contributed by atoms with Gasteiger partial charge in [-0.2, -0.15) is 8.78 Å². The Hall–Kier alpha value is -2.17. The van der Waals surface area contributed by atoms with Crippen LogP contribution in [0.5, 0.6) is 0 Å². The maximum atomic E-state index is 14.6. The van der Waals surface area contributed by atoms with Crippen LogP contribution < -0.4 is 4.90 Å². The second-order valence-corrected chi connectivity index (χ2v) is 8.02. The SMILES string of the molecule is O=C(CN1CCCC1)N1CCOCC2(C1)CN(c1ccc(F)cc1)C(=O)C(F)(F)O2. The topological polar surface area (TPSA) is 62.3 Å². The van der Waals surface area contributed by atoms with E-state index in [0.717, 1.165) is 43.0 Å². The highest BCUT2D eigenvalue weighted by Crippen LogP contribution is 2.37. The van der Waals surface area contributed by atoms with Gasteiger partial charge >= 0.3 is 12.0 Å². The maximum absolute atomic E-state index is 14.6. The van der Waals surface area contributed by atoms with Crippen LogP contribution >= 0.6 is 0 Å². The summed E-state index contributed by atoms with van der Waals surface area (Å²) >= 11 is 0. The number of hydrogen-bond donors (Lipinski definition) is 0. The number of ether oxygens (including phenoxy) is 2. The summed E-state index contributed by atoms with van der Waals surface area (Å²) in [4.78, 5) is 29.5. The summed E-state index contributed by atoms with van der Waals surface area (Å²) in [5.41, 5.74) is -1.47. The average molecular weight is 427 g/mol. The van der Waals surface area contributed by atoms with Crippen LogP contribution in [0.3, 0.4) is 0 Å². The summed E-state index contributed by atoms with van der Waals surface area (Å²) in [6.07, 6.45) is -2.03. The van der Waals surface area contributed by atoms with E-state index < -0.39 is 23.4 Å². The molecule has 1 unspecified atom stereocenters. The molecule has 10 heteroatoms. The number of halogens is 3. The van der Waals surface area contributed by atoms with E-state index in [1.54, 1.807) is 0 Å². The Labute approximate surface area is 172 Å². The number of amides is 2. The largest absolute Gasteiger partial charge is 0.437 e. The minimum absolute atomic E-state index is 0.125. The number of hydrogen-bond acceptors (Lipinski definition) is 5. The molecule has 3 aliphatic heterocycles. The second kappa shape index (κ2) is 8.16. The van der Waals surface area contributed by atoms with E-state index in [4.69, 9.17) is 9.47 Å². The number of morpholine rings is 1. The number of likely N-dealkylation sites (tertiary alicyclic amines) is 1. The second-order valence-electron chi connectivity index (χ2n) is 8.02. The van der Waals surface area contributed by atoms with Gasteiger partial charge in [-0.25, -0.2) is 4.39 Å². The van der Waals surface area contributed by atoms with Crippen molar-refractivity contribution in [3.05, 3.63) is 30.1 Å². The van der Waals surface area contributed by atoms with Crippen molar-refractivity contribution in [2.75, 3.05) is 57.4 Å². The minimum Gasteiger partial charge on any atom is -0.376 e. The lowest BCUT2D eigenvalue weighted by molar-refractivity contribution is -0.293. The molecule has 164 valence electrons. The molecular formula is C20H24F3N3O4. The van der Waals surface area contributed by atoms with Crippen LogP contribution in [-0.4, -0.2) is 85.8 Å². The van der Waals surface area contributed by atoms with Gasteiger partial charge in [0.1, 0.15) is 11.4 Å². The summed E-state index contributed by atoms with van der Waals surface area (Å²) in [7, 11) is 0. The predicted octanol–water partition coefficient (Wildman–Crippen LogP) is 1.48. The summed E-state index contributed by atoms with van der Waals surface area (Å²) in [6, 6.07) is 4.71. The molecule has 3 fully saturated rings. The molecule has 4 rings (SSSR count). The zero-order valence-electron chi connectivity index (χ0n) is 16.5. The van der Waals surface area contributed by atoms with Crippen LogP contribution in [0.2, 0.25) is 0 Å². The Morgan fingerprint density at radius 3 is 2.47 bits per heavy atom. The number of carbonyl (C=O) groups excluding carboxylic acids is 2. The molecule has 0 bridgehead atoms. The molecule has 0 aliphatic carbocycles. The molecule has 30 heavy (non-hydrogen) atoms. The average Bonchev–Trinajstić information content (AvgIpc) is 3.12. The van der Waals surface area contributed by atoms with Crippen LogP contribution in [0.15, 0.2) is 24.3 Å². The highest BCUT2D eigenvalue weighted by atomic mass is 19.3. The lowest BCUT2D eigenvalue weighted by atomic mass is 10.00. The Balaban J connectivity index is 1.57. The molecule has 0 radical (unpaired) electrons. The molecule has 1 atom stereocenters. The molecule has 1 aromatic rings. The van der Waals surface area contributed by atoms with Gasteiger partial charge in [-0.05, 0) is 50.2 Å². The maximum Gasteiger partial charge on any atom is 0.437 e.